The van der Waals surface area contributed by atoms with Crippen molar-refractivity contribution in [2.75, 3.05) is 27.3 Å². The van der Waals surface area contributed by atoms with Crippen molar-refractivity contribution in [2.45, 2.75) is 24.8 Å². The lowest BCUT2D eigenvalue weighted by Crippen LogP contribution is -2.55. The SMILES string of the molecule is C=CCc1cc(C(=O)N2CCC3(CC2)NC(=O)NC3=O)cc(OC)c1OC. The predicted molar refractivity (Wildman–Crippen MR) is 98.0 cm³/mol. The van der Waals surface area contributed by atoms with Crippen LogP contribution in [0.15, 0.2) is 24.8 Å². The van der Waals surface area contributed by atoms with Crippen molar-refractivity contribution < 1.29 is 23.9 Å². The van der Waals surface area contributed by atoms with Crippen molar-refractivity contribution in [2.24, 2.45) is 0 Å². The molecule has 0 unspecified atom stereocenters. The number of benzene rings is 1. The first-order valence-corrected chi connectivity index (χ1v) is 8.73. The smallest absolute Gasteiger partial charge is 0.322 e. The van der Waals surface area contributed by atoms with E-state index in [0.29, 0.717) is 49.4 Å². The van der Waals surface area contributed by atoms with Crippen molar-refractivity contribution in [3.8, 4) is 11.5 Å². The van der Waals surface area contributed by atoms with Crippen LogP contribution in [0, 0.1) is 0 Å². The van der Waals surface area contributed by atoms with E-state index in [1.807, 2.05) is 0 Å². The Balaban J connectivity index is 1.80. The van der Waals surface area contributed by atoms with Gasteiger partial charge in [0, 0.05) is 24.2 Å². The van der Waals surface area contributed by atoms with Crippen molar-refractivity contribution in [3.63, 3.8) is 0 Å². The Morgan fingerprint density at radius 1 is 1.26 bits per heavy atom. The lowest BCUT2D eigenvalue weighted by molar-refractivity contribution is -0.125. The van der Waals surface area contributed by atoms with E-state index in [1.165, 1.54) is 7.11 Å². The molecule has 8 heteroatoms. The zero-order chi connectivity index (χ0) is 19.6. The van der Waals surface area contributed by atoms with E-state index in [-0.39, 0.29) is 11.8 Å². The minimum atomic E-state index is -0.903. The first-order chi connectivity index (χ1) is 12.9. The standard InChI is InChI=1S/C19H23N3O5/c1-4-5-12-10-13(11-14(26-2)15(12)27-3)16(23)22-8-6-19(7-9-22)17(24)20-18(25)21-19/h4,10-11H,1,5-9H2,2-3H3,(H2,20,21,24,25). The third kappa shape index (κ3) is 3.34. The van der Waals surface area contributed by atoms with Crippen LogP contribution < -0.4 is 20.1 Å². The maximum atomic E-state index is 13.0. The summed E-state index contributed by atoms with van der Waals surface area (Å²) in [5.74, 6) is 0.591. The first-order valence-electron chi connectivity index (χ1n) is 8.73. The molecule has 4 amide bonds. The zero-order valence-corrected chi connectivity index (χ0v) is 15.5. The molecule has 1 aromatic carbocycles. The molecular formula is C19H23N3O5. The molecule has 144 valence electrons. The van der Waals surface area contributed by atoms with Crippen LogP contribution in [0.4, 0.5) is 4.79 Å². The third-order valence-corrected chi connectivity index (χ3v) is 5.09. The van der Waals surface area contributed by atoms with Crippen LogP contribution >= 0.6 is 0 Å². The van der Waals surface area contributed by atoms with Crippen molar-refractivity contribution in [1.82, 2.24) is 15.5 Å². The molecule has 0 aromatic heterocycles. The van der Waals surface area contributed by atoms with E-state index in [2.05, 4.69) is 17.2 Å². The van der Waals surface area contributed by atoms with Crippen molar-refractivity contribution in [3.05, 3.63) is 35.9 Å². The van der Waals surface area contributed by atoms with Crippen LogP contribution in [0.5, 0.6) is 11.5 Å². The van der Waals surface area contributed by atoms with Crippen molar-refractivity contribution >= 4 is 17.8 Å². The van der Waals surface area contributed by atoms with Crippen LogP contribution in [0.1, 0.15) is 28.8 Å². The number of methoxy groups -OCH3 is 2. The number of allylic oxidation sites excluding steroid dienone is 1. The molecule has 0 atom stereocenters. The Morgan fingerprint density at radius 3 is 2.48 bits per heavy atom. The van der Waals surface area contributed by atoms with Crippen LogP contribution in [0.2, 0.25) is 0 Å². The lowest BCUT2D eigenvalue weighted by Gasteiger charge is -2.37. The molecule has 1 spiro atoms. The van der Waals surface area contributed by atoms with Gasteiger partial charge in [0.2, 0.25) is 0 Å². The van der Waals surface area contributed by atoms with Gasteiger partial charge in [-0.05, 0) is 31.4 Å². The molecular weight excluding hydrogens is 350 g/mol. The predicted octanol–water partition coefficient (Wildman–Crippen LogP) is 1.25. The van der Waals surface area contributed by atoms with Gasteiger partial charge in [-0.2, -0.15) is 0 Å². The summed E-state index contributed by atoms with van der Waals surface area (Å²) in [5, 5.41) is 4.96. The highest BCUT2D eigenvalue weighted by Gasteiger charge is 2.48. The van der Waals surface area contributed by atoms with Gasteiger partial charge in [0.25, 0.3) is 11.8 Å². The van der Waals surface area contributed by atoms with Crippen molar-refractivity contribution in [1.29, 1.82) is 0 Å². The molecule has 2 fully saturated rings. The molecule has 3 rings (SSSR count). The van der Waals surface area contributed by atoms with E-state index >= 15 is 0 Å². The molecule has 0 radical (unpaired) electrons. The summed E-state index contributed by atoms with van der Waals surface area (Å²) in [4.78, 5) is 38.1. The van der Waals surface area contributed by atoms with Gasteiger partial charge in [0.15, 0.2) is 11.5 Å². The topological polar surface area (TPSA) is 97.0 Å². The van der Waals surface area contributed by atoms with Crippen LogP contribution in [0.3, 0.4) is 0 Å². The highest BCUT2D eigenvalue weighted by molar-refractivity contribution is 6.07. The quantitative estimate of drug-likeness (QED) is 0.598. The fourth-order valence-electron chi connectivity index (χ4n) is 3.63. The molecule has 2 N–H and O–H groups in total. The molecule has 0 bridgehead atoms. The van der Waals surface area contributed by atoms with E-state index in [4.69, 9.17) is 9.47 Å². The first kappa shape index (κ1) is 18.8. The van der Waals surface area contributed by atoms with Gasteiger partial charge in [0.1, 0.15) is 5.54 Å². The maximum Gasteiger partial charge on any atom is 0.322 e. The summed E-state index contributed by atoms with van der Waals surface area (Å²) in [7, 11) is 3.08. The number of rotatable bonds is 5. The maximum absolute atomic E-state index is 13.0. The number of imide groups is 1. The summed E-state index contributed by atoms with van der Waals surface area (Å²) in [6.07, 6.45) is 3.03. The second-order valence-electron chi connectivity index (χ2n) is 6.65. The Kier molecular flexibility index (Phi) is 5.07. The van der Waals surface area contributed by atoms with Gasteiger partial charge in [-0.25, -0.2) is 4.79 Å². The number of nitrogens with one attached hydrogen (secondary N) is 2. The Morgan fingerprint density at radius 2 is 1.96 bits per heavy atom. The Labute approximate surface area is 157 Å². The zero-order valence-electron chi connectivity index (χ0n) is 15.5. The number of piperidine rings is 1. The number of hydrogen-bond acceptors (Lipinski definition) is 5. The van der Waals surface area contributed by atoms with E-state index in [0.717, 1.165) is 5.56 Å². The van der Waals surface area contributed by atoms with Crippen LogP contribution in [0.25, 0.3) is 0 Å². The molecule has 0 saturated carbocycles. The normalized spacial score (nSPS) is 18.1. The number of likely N-dealkylation sites (tertiary alicyclic amines) is 1. The molecule has 2 heterocycles. The Hall–Kier alpha value is -3.03. The number of nitrogens with zero attached hydrogens (tertiary/aromatic N) is 1. The highest BCUT2D eigenvalue weighted by atomic mass is 16.5. The fraction of sp³-hybridized carbons (Fsp3) is 0.421. The van der Waals surface area contributed by atoms with Gasteiger partial charge in [-0.15, -0.1) is 6.58 Å². The summed E-state index contributed by atoms with van der Waals surface area (Å²) in [6, 6.07) is 2.95. The molecule has 0 aliphatic carbocycles. The van der Waals surface area contributed by atoms with Gasteiger partial charge in [0.05, 0.1) is 14.2 Å². The number of ether oxygens (including phenoxy) is 2. The van der Waals surface area contributed by atoms with Gasteiger partial charge < -0.3 is 19.7 Å². The molecule has 1 aromatic rings. The largest absolute Gasteiger partial charge is 0.493 e. The number of hydrogen-bond donors (Lipinski definition) is 2. The summed E-state index contributed by atoms with van der Waals surface area (Å²) >= 11 is 0. The average Bonchev–Trinajstić information content (AvgIpc) is 2.94. The molecule has 27 heavy (non-hydrogen) atoms. The monoisotopic (exact) mass is 373 g/mol. The number of carbonyl (C=O) groups is 3. The molecule has 2 aliphatic heterocycles. The summed E-state index contributed by atoms with van der Waals surface area (Å²) in [6.45, 7) is 4.49. The number of urea groups is 1. The van der Waals surface area contributed by atoms with Gasteiger partial charge in [-0.1, -0.05) is 6.08 Å². The van der Waals surface area contributed by atoms with Crippen LogP contribution in [-0.2, 0) is 11.2 Å². The third-order valence-electron chi connectivity index (χ3n) is 5.09. The molecule has 2 aliphatic rings. The van der Waals surface area contributed by atoms with E-state index in [9.17, 15) is 14.4 Å². The van der Waals surface area contributed by atoms with Gasteiger partial charge in [-0.3, -0.25) is 14.9 Å². The second-order valence-corrected chi connectivity index (χ2v) is 6.65. The lowest BCUT2D eigenvalue weighted by atomic mass is 9.87. The highest BCUT2D eigenvalue weighted by Crippen LogP contribution is 2.34. The number of amides is 4. The average molecular weight is 373 g/mol. The molecule has 8 nitrogen and oxygen atoms in total. The minimum absolute atomic E-state index is 0.152. The minimum Gasteiger partial charge on any atom is -0.493 e. The second kappa shape index (κ2) is 7.30. The van der Waals surface area contributed by atoms with E-state index in [1.54, 1.807) is 30.2 Å². The summed E-state index contributed by atoms with van der Waals surface area (Å²) < 4.78 is 10.8. The molecule has 2 saturated heterocycles. The Bertz CT molecular complexity index is 797. The van der Waals surface area contributed by atoms with E-state index < -0.39 is 11.6 Å². The van der Waals surface area contributed by atoms with Crippen LogP contribution in [-0.4, -0.2) is 55.6 Å². The number of carbonyl (C=O) groups excluding carboxylic acids is 3. The fourth-order valence-corrected chi connectivity index (χ4v) is 3.63. The summed E-state index contributed by atoms with van der Waals surface area (Å²) in [5.41, 5.74) is 0.394. The van der Waals surface area contributed by atoms with Gasteiger partial charge >= 0.3 is 6.03 Å².